The van der Waals surface area contributed by atoms with Crippen molar-refractivity contribution in [3.8, 4) is 0 Å². The monoisotopic (exact) mass is 353 g/mol. The van der Waals surface area contributed by atoms with Gasteiger partial charge in [0.1, 0.15) is 5.76 Å². The summed E-state index contributed by atoms with van der Waals surface area (Å²) in [5.74, 6) is 2.28. The van der Waals surface area contributed by atoms with Gasteiger partial charge >= 0.3 is 0 Å². The fraction of sp³-hybridized carbons (Fsp3) is 0.400. The number of nitrogens with one attached hydrogen (secondary N) is 3. The van der Waals surface area contributed by atoms with E-state index >= 15 is 0 Å². The highest BCUT2D eigenvalue weighted by molar-refractivity contribution is 5.81. The second kappa shape index (κ2) is 7.64. The van der Waals surface area contributed by atoms with Gasteiger partial charge in [-0.05, 0) is 24.4 Å². The molecule has 0 bridgehead atoms. The van der Waals surface area contributed by atoms with Crippen LogP contribution in [0.4, 0.5) is 0 Å². The lowest BCUT2D eigenvalue weighted by molar-refractivity contribution is 0.379. The Morgan fingerprint density at radius 2 is 2.04 bits per heavy atom. The van der Waals surface area contributed by atoms with Gasteiger partial charge in [0.05, 0.1) is 19.3 Å². The largest absolute Gasteiger partial charge is 0.443 e. The fourth-order valence-electron chi connectivity index (χ4n) is 2.62. The molecule has 2 heterocycles. The molecule has 0 aliphatic carbocycles. The maximum absolute atomic E-state index is 5.82. The van der Waals surface area contributed by atoms with E-state index in [2.05, 4.69) is 64.6 Å². The van der Waals surface area contributed by atoms with E-state index in [-0.39, 0.29) is 5.41 Å². The molecule has 1 aromatic carbocycles. The molecule has 138 valence electrons. The molecule has 6 heteroatoms. The topological polar surface area (TPSA) is 78.2 Å². The third-order valence-corrected chi connectivity index (χ3v) is 4.04. The number of aliphatic imine (C=N–C) groups is 1. The van der Waals surface area contributed by atoms with E-state index < -0.39 is 0 Å². The molecule has 0 unspecified atom stereocenters. The maximum Gasteiger partial charge on any atom is 0.213 e. The lowest BCUT2D eigenvalue weighted by Crippen LogP contribution is -2.36. The Kier molecular flexibility index (Phi) is 5.30. The highest BCUT2D eigenvalue weighted by Crippen LogP contribution is 2.22. The number of oxazole rings is 1. The number of para-hydroxylation sites is 1. The van der Waals surface area contributed by atoms with E-state index in [1.165, 1.54) is 5.39 Å². The van der Waals surface area contributed by atoms with E-state index in [1.807, 2.05) is 19.1 Å². The number of fused-ring (bicyclic) bond motifs is 1. The third-order valence-electron chi connectivity index (χ3n) is 4.04. The smallest absolute Gasteiger partial charge is 0.213 e. The third kappa shape index (κ3) is 4.45. The van der Waals surface area contributed by atoms with E-state index in [4.69, 9.17) is 4.42 Å². The van der Waals surface area contributed by atoms with Crippen LogP contribution < -0.4 is 10.6 Å². The molecular weight excluding hydrogens is 326 g/mol. The van der Waals surface area contributed by atoms with Gasteiger partial charge in [-0.1, -0.05) is 39.0 Å². The Morgan fingerprint density at radius 1 is 1.23 bits per heavy atom. The molecule has 3 aromatic rings. The van der Waals surface area contributed by atoms with Crippen molar-refractivity contribution in [2.45, 2.75) is 46.2 Å². The normalized spacial score (nSPS) is 12.5. The van der Waals surface area contributed by atoms with Crippen LogP contribution in [0.3, 0.4) is 0 Å². The lowest BCUT2D eigenvalue weighted by atomic mass is 9.94. The van der Waals surface area contributed by atoms with Crippen molar-refractivity contribution in [1.29, 1.82) is 0 Å². The summed E-state index contributed by atoms with van der Waals surface area (Å²) in [4.78, 5) is 12.4. The zero-order chi connectivity index (χ0) is 18.6. The van der Waals surface area contributed by atoms with E-state index in [9.17, 15) is 0 Å². The second-order valence-corrected chi connectivity index (χ2v) is 7.30. The van der Waals surface area contributed by atoms with Crippen LogP contribution in [0.5, 0.6) is 0 Å². The minimum absolute atomic E-state index is 0.0422. The van der Waals surface area contributed by atoms with Crippen LogP contribution in [0.1, 0.15) is 45.0 Å². The van der Waals surface area contributed by atoms with Gasteiger partial charge in [-0.25, -0.2) is 9.98 Å². The number of hydrogen-bond acceptors (Lipinski definition) is 3. The first-order valence-corrected chi connectivity index (χ1v) is 8.99. The van der Waals surface area contributed by atoms with Crippen LogP contribution in [-0.4, -0.2) is 22.5 Å². The van der Waals surface area contributed by atoms with Gasteiger partial charge in [0.2, 0.25) is 5.89 Å². The van der Waals surface area contributed by atoms with Crippen molar-refractivity contribution in [2.24, 2.45) is 4.99 Å². The summed E-state index contributed by atoms with van der Waals surface area (Å²) in [7, 11) is 0. The number of guanidine groups is 1. The summed E-state index contributed by atoms with van der Waals surface area (Å²) in [6, 6.07) is 10.4. The summed E-state index contributed by atoms with van der Waals surface area (Å²) >= 11 is 0. The van der Waals surface area contributed by atoms with Crippen LogP contribution in [0.15, 0.2) is 45.9 Å². The minimum atomic E-state index is -0.0422. The first kappa shape index (κ1) is 18.0. The van der Waals surface area contributed by atoms with Gasteiger partial charge in [0.25, 0.3) is 0 Å². The van der Waals surface area contributed by atoms with Crippen LogP contribution in [-0.2, 0) is 18.5 Å². The Hall–Kier alpha value is -2.76. The van der Waals surface area contributed by atoms with E-state index in [0.29, 0.717) is 19.0 Å². The average Bonchev–Trinajstić information content (AvgIpc) is 3.23. The van der Waals surface area contributed by atoms with Crippen molar-refractivity contribution < 1.29 is 4.42 Å². The van der Waals surface area contributed by atoms with Crippen molar-refractivity contribution in [3.05, 3.63) is 53.9 Å². The second-order valence-electron chi connectivity index (χ2n) is 7.30. The number of nitrogens with zero attached hydrogens (tertiary/aromatic N) is 2. The van der Waals surface area contributed by atoms with Crippen LogP contribution in [0, 0.1) is 0 Å². The van der Waals surface area contributed by atoms with E-state index in [0.717, 1.165) is 29.5 Å². The number of H-pyrrole nitrogens is 1. The number of hydrogen-bond donors (Lipinski definition) is 3. The Balaban J connectivity index is 1.64. The molecule has 0 radical (unpaired) electrons. The SMILES string of the molecule is CCNC(=NCc1cc2ccccc2[nH]1)NCc1ncc(C(C)(C)C)o1. The molecule has 0 aliphatic heterocycles. The van der Waals surface area contributed by atoms with Gasteiger partial charge in [0.15, 0.2) is 5.96 Å². The highest BCUT2D eigenvalue weighted by Gasteiger charge is 2.19. The molecule has 0 saturated carbocycles. The van der Waals surface area contributed by atoms with E-state index in [1.54, 1.807) is 6.20 Å². The predicted molar refractivity (Wildman–Crippen MR) is 105 cm³/mol. The van der Waals surface area contributed by atoms with Crippen molar-refractivity contribution >= 4 is 16.9 Å². The predicted octanol–water partition coefficient (Wildman–Crippen LogP) is 3.71. The van der Waals surface area contributed by atoms with Gasteiger partial charge in [-0.3, -0.25) is 0 Å². The summed E-state index contributed by atoms with van der Waals surface area (Å²) in [5, 5.41) is 7.72. The fourth-order valence-corrected chi connectivity index (χ4v) is 2.62. The van der Waals surface area contributed by atoms with Gasteiger partial charge in [-0.2, -0.15) is 0 Å². The zero-order valence-corrected chi connectivity index (χ0v) is 15.9. The minimum Gasteiger partial charge on any atom is -0.443 e. The Labute approximate surface area is 154 Å². The number of aromatic amines is 1. The quantitative estimate of drug-likeness (QED) is 0.483. The van der Waals surface area contributed by atoms with Crippen LogP contribution >= 0.6 is 0 Å². The molecule has 0 fully saturated rings. The number of rotatable bonds is 5. The molecule has 3 rings (SSSR count). The molecule has 0 spiro atoms. The Bertz CT molecular complexity index is 852. The van der Waals surface area contributed by atoms with Crippen molar-refractivity contribution in [2.75, 3.05) is 6.54 Å². The molecule has 0 amide bonds. The van der Waals surface area contributed by atoms with Gasteiger partial charge in [-0.15, -0.1) is 0 Å². The molecule has 0 atom stereocenters. The zero-order valence-electron chi connectivity index (χ0n) is 15.9. The molecule has 2 aromatic heterocycles. The average molecular weight is 353 g/mol. The van der Waals surface area contributed by atoms with Crippen LogP contribution in [0.25, 0.3) is 10.9 Å². The summed E-state index contributed by atoms with van der Waals surface area (Å²) in [5.41, 5.74) is 2.17. The number of benzene rings is 1. The standard InChI is InChI=1S/C20H27N5O/c1-5-21-19(24-13-18-22-12-17(26-18)20(2,3)4)23-11-15-10-14-8-6-7-9-16(14)25-15/h6-10,12,25H,5,11,13H2,1-4H3,(H2,21,23,24). The molecular formula is C20H27N5O. The molecule has 3 N–H and O–H groups in total. The van der Waals surface area contributed by atoms with Gasteiger partial charge in [0, 0.05) is 23.2 Å². The summed E-state index contributed by atoms with van der Waals surface area (Å²) < 4.78 is 5.82. The molecule has 26 heavy (non-hydrogen) atoms. The summed E-state index contributed by atoms with van der Waals surface area (Å²) in [6.45, 7) is 10.2. The van der Waals surface area contributed by atoms with Crippen molar-refractivity contribution in [3.63, 3.8) is 0 Å². The first-order valence-electron chi connectivity index (χ1n) is 8.99. The molecule has 0 aliphatic rings. The van der Waals surface area contributed by atoms with Crippen molar-refractivity contribution in [1.82, 2.24) is 20.6 Å². The first-order chi connectivity index (χ1) is 12.5. The molecule has 0 saturated heterocycles. The summed E-state index contributed by atoms with van der Waals surface area (Å²) in [6.07, 6.45) is 1.80. The van der Waals surface area contributed by atoms with Crippen LogP contribution in [0.2, 0.25) is 0 Å². The highest BCUT2D eigenvalue weighted by atomic mass is 16.4. The number of aromatic nitrogens is 2. The van der Waals surface area contributed by atoms with Gasteiger partial charge < -0.3 is 20.0 Å². The maximum atomic E-state index is 5.82. The molecule has 6 nitrogen and oxygen atoms in total. The Morgan fingerprint density at radius 3 is 2.73 bits per heavy atom. The lowest BCUT2D eigenvalue weighted by Gasteiger charge is -2.13.